The first-order valence-electron chi connectivity index (χ1n) is 11.9. The molecule has 0 atom stereocenters. The van der Waals surface area contributed by atoms with E-state index < -0.39 is 0 Å². The van der Waals surface area contributed by atoms with Gasteiger partial charge in [0.25, 0.3) is 5.91 Å². The molecule has 30 heavy (non-hydrogen) atoms. The molecule has 1 aromatic rings. The van der Waals surface area contributed by atoms with Gasteiger partial charge in [0.2, 0.25) is 0 Å². The first kappa shape index (κ1) is 22.8. The van der Waals surface area contributed by atoms with Crippen molar-refractivity contribution >= 4 is 11.9 Å². The van der Waals surface area contributed by atoms with Crippen LogP contribution in [-0.2, 0) is 9.53 Å². The van der Waals surface area contributed by atoms with E-state index in [0.717, 1.165) is 25.9 Å². The van der Waals surface area contributed by atoms with Crippen LogP contribution in [0.2, 0.25) is 0 Å². The normalized spacial score (nSPS) is 19.6. The highest BCUT2D eigenvalue weighted by Gasteiger charge is 2.31. The maximum atomic E-state index is 13.2. The second-order valence-electron chi connectivity index (χ2n) is 8.69. The summed E-state index contributed by atoms with van der Waals surface area (Å²) in [7, 11) is 0. The summed E-state index contributed by atoms with van der Waals surface area (Å²) in [6.45, 7) is 4.72. The molecule has 0 aromatic heterocycles. The average molecular weight is 415 g/mol. The van der Waals surface area contributed by atoms with Crippen molar-refractivity contribution in [1.29, 1.82) is 0 Å². The predicted octanol–water partition coefficient (Wildman–Crippen LogP) is 4.66. The fourth-order valence-corrected chi connectivity index (χ4v) is 5.00. The van der Waals surface area contributed by atoms with E-state index in [9.17, 15) is 9.59 Å². The molecule has 1 saturated carbocycles. The zero-order valence-electron chi connectivity index (χ0n) is 18.6. The van der Waals surface area contributed by atoms with Gasteiger partial charge in [-0.3, -0.25) is 9.59 Å². The van der Waals surface area contributed by atoms with E-state index in [1.54, 1.807) is 0 Å². The van der Waals surface area contributed by atoms with Crippen LogP contribution in [0.15, 0.2) is 30.3 Å². The number of carbonyl (C=O) groups is 2. The monoisotopic (exact) mass is 414 g/mol. The minimum absolute atomic E-state index is 0.0318. The van der Waals surface area contributed by atoms with Crippen LogP contribution in [0.3, 0.4) is 0 Å². The zero-order valence-corrected chi connectivity index (χ0v) is 18.6. The number of likely N-dealkylation sites (tertiary alicyclic amines) is 1. The number of benzene rings is 1. The van der Waals surface area contributed by atoms with Gasteiger partial charge in [0.1, 0.15) is 0 Å². The summed E-state index contributed by atoms with van der Waals surface area (Å²) in [5.74, 6) is -0.195. The molecule has 1 saturated heterocycles. The maximum Gasteiger partial charge on any atom is 0.307 e. The van der Waals surface area contributed by atoms with Gasteiger partial charge in [0, 0.05) is 37.3 Å². The summed E-state index contributed by atoms with van der Waals surface area (Å²) < 4.78 is 5.10. The molecule has 2 aliphatic rings. The van der Waals surface area contributed by atoms with E-state index in [4.69, 9.17) is 4.74 Å². The first-order chi connectivity index (χ1) is 14.7. The Balaban J connectivity index is 1.61. The van der Waals surface area contributed by atoms with Crippen LogP contribution in [0.5, 0.6) is 0 Å². The number of piperidine rings is 1. The number of hydrogen-bond acceptors (Lipinski definition) is 4. The lowest BCUT2D eigenvalue weighted by atomic mass is 9.93. The van der Waals surface area contributed by atoms with Gasteiger partial charge in [-0.1, -0.05) is 50.3 Å². The van der Waals surface area contributed by atoms with Crippen molar-refractivity contribution in [2.45, 2.75) is 83.2 Å². The molecule has 1 aromatic carbocycles. The Morgan fingerprint density at radius 2 is 1.60 bits per heavy atom. The van der Waals surface area contributed by atoms with Crippen molar-refractivity contribution < 1.29 is 14.3 Å². The first-order valence-corrected chi connectivity index (χ1v) is 11.9. The molecule has 3 rings (SSSR count). The van der Waals surface area contributed by atoms with Crippen LogP contribution in [-0.4, -0.2) is 60.0 Å². The lowest BCUT2D eigenvalue weighted by molar-refractivity contribution is -0.143. The van der Waals surface area contributed by atoms with E-state index in [-0.39, 0.29) is 24.3 Å². The smallest absolute Gasteiger partial charge is 0.307 e. The highest BCUT2D eigenvalue weighted by molar-refractivity contribution is 5.94. The Bertz CT molecular complexity index is 648. The third-order valence-electron chi connectivity index (χ3n) is 6.67. The number of carbonyl (C=O) groups excluding carboxylic acids is 2. The molecule has 5 nitrogen and oxygen atoms in total. The molecule has 1 amide bonds. The van der Waals surface area contributed by atoms with Crippen LogP contribution in [0.25, 0.3) is 0 Å². The number of rotatable bonds is 7. The van der Waals surface area contributed by atoms with E-state index in [1.165, 1.54) is 44.9 Å². The average Bonchev–Trinajstić information content (AvgIpc) is 2.75. The van der Waals surface area contributed by atoms with Crippen LogP contribution in [0.1, 0.15) is 81.5 Å². The van der Waals surface area contributed by atoms with Gasteiger partial charge in [-0.15, -0.1) is 0 Å². The summed E-state index contributed by atoms with van der Waals surface area (Å²) in [5.41, 5.74) is 0.698. The molecule has 0 bridgehead atoms. The van der Waals surface area contributed by atoms with Gasteiger partial charge < -0.3 is 14.5 Å². The SMILES string of the molecule is CCOC(=O)CCN(C(=O)c1ccccc1)C1CCN(C2CCCCCCC2)CC1. The number of hydrogen-bond donors (Lipinski definition) is 0. The summed E-state index contributed by atoms with van der Waals surface area (Å²) in [5, 5.41) is 0. The summed E-state index contributed by atoms with van der Waals surface area (Å²) in [4.78, 5) is 29.8. The number of nitrogens with zero attached hydrogens (tertiary/aromatic N) is 2. The van der Waals surface area contributed by atoms with Gasteiger partial charge in [-0.2, -0.15) is 0 Å². The molecule has 1 aliphatic heterocycles. The van der Waals surface area contributed by atoms with Crippen molar-refractivity contribution in [3.63, 3.8) is 0 Å². The Kier molecular flexibility index (Phi) is 9.19. The molecule has 2 fully saturated rings. The summed E-state index contributed by atoms with van der Waals surface area (Å²) >= 11 is 0. The lowest BCUT2D eigenvalue weighted by Crippen LogP contribution is -2.50. The fraction of sp³-hybridized carbons (Fsp3) is 0.680. The van der Waals surface area contributed by atoms with E-state index in [0.29, 0.717) is 24.8 Å². The maximum absolute atomic E-state index is 13.2. The molecule has 0 radical (unpaired) electrons. The number of amides is 1. The molecule has 0 unspecified atom stereocenters. The van der Waals surface area contributed by atoms with Crippen LogP contribution in [0.4, 0.5) is 0 Å². The summed E-state index contributed by atoms with van der Waals surface area (Å²) in [6, 6.07) is 10.3. The quantitative estimate of drug-likeness (QED) is 0.609. The lowest BCUT2D eigenvalue weighted by Gasteiger charge is -2.42. The van der Waals surface area contributed by atoms with Crippen molar-refractivity contribution in [2.24, 2.45) is 0 Å². The minimum Gasteiger partial charge on any atom is -0.466 e. The largest absolute Gasteiger partial charge is 0.466 e. The van der Waals surface area contributed by atoms with Crippen molar-refractivity contribution in [3.8, 4) is 0 Å². The Morgan fingerprint density at radius 1 is 0.967 bits per heavy atom. The van der Waals surface area contributed by atoms with E-state index >= 15 is 0 Å². The van der Waals surface area contributed by atoms with E-state index in [2.05, 4.69) is 4.90 Å². The molecule has 0 N–H and O–H groups in total. The standard InChI is InChI=1S/C25H38N2O3/c1-2-30-24(28)17-20-27(25(29)21-11-7-6-8-12-21)23-15-18-26(19-16-23)22-13-9-4-3-5-10-14-22/h6-8,11-12,22-23H,2-5,9-10,13-20H2,1H3. The van der Waals surface area contributed by atoms with Crippen molar-refractivity contribution in [3.05, 3.63) is 35.9 Å². The second kappa shape index (κ2) is 12.1. The van der Waals surface area contributed by atoms with Gasteiger partial charge in [-0.25, -0.2) is 0 Å². The fourth-order valence-electron chi connectivity index (χ4n) is 5.00. The molecule has 166 valence electrons. The molecule has 1 heterocycles. The van der Waals surface area contributed by atoms with Crippen molar-refractivity contribution in [2.75, 3.05) is 26.2 Å². The molecular weight excluding hydrogens is 376 g/mol. The third-order valence-corrected chi connectivity index (χ3v) is 6.67. The van der Waals surface area contributed by atoms with Crippen LogP contribution < -0.4 is 0 Å². The molecular formula is C25H38N2O3. The molecule has 1 aliphatic carbocycles. The Hall–Kier alpha value is -1.88. The number of ether oxygens (including phenoxy) is 1. The summed E-state index contributed by atoms with van der Waals surface area (Å²) in [6.07, 6.45) is 11.7. The zero-order chi connectivity index (χ0) is 21.2. The topological polar surface area (TPSA) is 49.9 Å². The van der Waals surface area contributed by atoms with Crippen LogP contribution >= 0.6 is 0 Å². The van der Waals surface area contributed by atoms with Gasteiger partial charge in [-0.05, 0) is 44.7 Å². The highest BCUT2D eigenvalue weighted by Crippen LogP contribution is 2.26. The van der Waals surface area contributed by atoms with E-state index in [1.807, 2.05) is 42.2 Å². The minimum atomic E-state index is -0.227. The second-order valence-corrected chi connectivity index (χ2v) is 8.69. The highest BCUT2D eigenvalue weighted by atomic mass is 16.5. The molecule has 0 spiro atoms. The number of esters is 1. The Morgan fingerprint density at radius 3 is 2.23 bits per heavy atom. The third kappa shape index (κ3) is 6.56. The molecule has 5 heteroatoms. The van der Waals surface area contributed by atoms with Gasteiger partial charge in [0.05, 0.1) is 13.0 Å². The van der Waals surface area contributed by atoms with Crippen LogP contribution in [0, 0.1) is 0 Å². The Labute approximate surface area is 181 Å². The predicted molar refractivity (Wildman–Crippen MR) is 119 cm³/mol. The van der Waals surface area contributed by atoms with Crippen molar-refractivity contribution in [1.82, 2.24) is 9.80 Å². The van der Waals surface area contributed by atoms with Gasteiger partial charge >= 0.3 is 5.97 Å². The van der Waals surface area contributed by atoms with Gasteiger partial charge in [0.15, 0.2) is 0 Å².